The zero-order valence-electron chi connectivity index (χ0n) is 16.3. The monoisotopic (exact) mass is 345 g/mol. The van der Waals surface area contributed by atoms with Crippen LogP contribution < -0.4 is 0 Å². The molecule has 0 saturated carbocycles. The van der Waals surface area contributed by atoms with Gasteiger partial charge < -0.3 is 14.9 Å². The van der Waals surface area contributed by atoms with Crippen LogP contribution in [0.15, 0.2) is 35.6 Å². The zero-order valence-corrected chi connectivity index (χ0v) is 16.3. The summed E-state index contributed by atoms with van der Waals surface area (Å²) in [5, 5.41) is 20.7. The Morgan fingerprint density at radius 2 is 1.88 bits per heavy atom. The number of rotatable bonds is 2. The molecular formula is C21H31NO3. The number of aromatic hydroxyl groups is 2. The van der Waals surface area contributed by atoms with Gasteiger partial charge in [0.05, 0.1) is 12.9 Å². The predicted octanol–water partition coefficient (Wildman–Crippen LogP) is 4.25. The number of nitrogens with zero attached hydrogens (tertiary/aromatic N) is 1. The van der Waals surface area contributed by atoms with E-state index in [0.717, 1.165) is 29.9 Å². The van der Waals surface area contributed by atoms with Crippen molar-refractivity contribution in [2.75, 3.05) is 20.7 Å². The van der Waals surface area contributed by atoms with Gasteiger partial charge in [-0.05, 0) is 57.1 Å². The number of hydrogen-bond acceptors (Lipinski definition) is 4. The quantitative estimate of drug-likeness (QED) is 0.787. The number of phenolic OH excluding ortho intramolecular Hbond substituents is 2. The third kappa shape index (κ3) is 3.15. The molecule has 2 N–H and O–H groups in total. The molecule has 0 amide bonds. The molecule has 1 aliphatic carbocycles. The fraction of sp³-hybridized carbons (Fsp3) is 0.524. The molecule has 2 aliphatic rings. The second-order valence-electron chi connectivity index (χ2n) is 6.75. The van der Waals surface area contributed by atoms with Gasteiger partial charge in [-0.1, -0.05) is 26.0 Å². The van der Waals surface area contributed by atoms with Crippen LogP contribution in [0.1, 0.15) is 44.7 Å². The Hall–Kier alpha value is -1.94. The van der Waals surface area contributed by atoms with Crippen molar-refractivity contribution < 1.29 is 14.9 Å². The number of fused-ring (bicyclic) bond motifs is 1. The van der Waals surface area contributed by atoms with Gasteiger partial charge in [-0.2, -0.15) is 0 Å². The van der Waals surface area contributed by atoms with Gasteiger partial charge >= 0.3 is 0 Å². The molecule has 1 aromatic carbocycles. The highest BCUT2D eigenvalue weighted by molar-refractivity contribution is 5.58. The highest BCUT2D eigenvalue weighted by Crippen LogP contribution is 2.53. The van der Waals surface area contributed by atoms with E-state index in [1.165, 1.54) is 5.57 Å². The summed E-state index contributed by atoms with van der Waals surface area (Å²) >= 11 is 0. The second-order valence-corrected chi connectivity index (χ2v) is 6.75. The summed E-state index contributed by atoms with van der Waals surface area (Å²) in [6.45, 7) is 9.12. The maximum atomic E-state index is 10.6. The fourth-order valence-corrected chi connectivity index (χ4v) is 4.15. The molecule has 4 heteroatoms. The Morgan fingerprint density at radius 1 is 1.20 bits per heavy atom. The molecule has 1 aromatic rings. The van der Waals surface area contributed by atoms with Gasteiger partial charge in [0.2, 0.25) is 0 Å². The van der Waals surface area contributed by atoms with E-state index in [2.05, 4.69) is 24.9 Å². The minimum absolute atomic E-state index is 0.00464. The third-order valence-electron chi connectivity index (χ3n) is 5.59. The lowest BCUT2D eigenvalue weighted by Gasteiger charge is -2.49. The Labute approximate surface area is 151 Å². The molecule has 0 spiro atoms. The SMILES string of the molecule is CC.COC1=CC=C2[C@@H](C)N(C)CC[C@]2(c2c(C)ccc(O)c2O)C1. The topological polar surface area (TPSA) is 52.9 Å². The highest BCUT2D eigenvalue weighted by atomic mass is 16.5. The van der Waals surface area contributed by atoms with Crippen LogP contribution in [-0.4, -0.2) is 41.9 Å². The summed E-state index contributed by atoms with van der Waals surface area (Å²) in [4.78, 5) is 2.32. The standard InChI is InChI=1S/C19H25NO3.C2H6/c1-12-5-8-16(21)18(22)17(12)19-9-10-20(3)13(2)15(19)7-6-14(11-19)23-4;1-2/h5-8,13,21-22H,9-11H2,1-4H3;1-2H3/t13-,19+;/m1./s1. The number of piperidine rings is 1. The average Bonchev–Trinajstić information content (AvgIpc) is 2.63. The molecular weight excluding hydrogens is 314 g/mol. The van der Waals surface area contributed by atoms with E-state index in [1.807, 2.05) is 32.9 Å². The summed E-state index contributed by atoms with van der Waals surface area (Å²) in [7, 11) is 3.81. The number of likely N-dealkylation sites (tertiary alicyclic amines) is 1. The fourth-order valence-electron chi connectivity index (χ4n) is 4.15. The van der Waals surface area contributed by atoms with Gasteiger partial charge in [-0.15, -0.1) is 0 Å². The van der Waals surface area contributed by atoms with Crippen molar-refractivity contribution in [3.8, 4) is 11.5 Å². The Balaban J connectivity index is 0.00000109. The zero-order chi connectivity index (χ0) is 18.8. The van der Waals surface area contributed by atoms with E-state index in [-0.39, 0.29) is 23.0 Å². The van der Waals surface area contributed by atoms with E-state index >= 15 is 0 Å². The normalized spacial score (nSPS) is 25.9. The number of benzene rings is 1. The third-order valence-corrected chi connectivity index (χ3v) is 5.59. The van der Waals surface area contributed by atoms with Crippen molar-refractivity contribution in [2.45, 2.75) is 52.0 Å². The lowest BCUT2D eigenvalue weighted by Crippen LogP contribution is -2.49. The summed E-state index contributed by atoms with van der Waals surface area (Å²) < 4.78 is 5.52. The number of ether oxygens (including phenoxy) is 1. The van der Waals surface area contributed by atoms with Crippen LogP contribution in [0, 0.1) is 6.92 Å². The number of phenols is 2. The van der Waals surface area contributed by atoms with Crippen LogP contribution in [0.2, 0.25) is 0 Å². The maximum absolute atomic E-state index is 10.6. The average molecular weight is 345 g/mol. The Kier molecular flexibility index (Phi) is 5.83. The van der Waals surface area contributed by atoms with Crippen LogP contribution >= 0.6 is 0 Å². The van der Waals surface area contributed by atoms with Crippen LogP contribution in [0.3, 0.4) is 0 Å². The van der Waals surface area contributed by atoms with Gasteiger partial charge in [0.1, 0.15) is 0 Å². The minimum Gasteiger partial charge on any atom is -0.504 e. The summed E-state index contributed by atoms with van der Waals surface area (Å²) in [6.07, 6.45) is 5.76. The molecule has 0 unspecified atom stereocenters. The Bertz CT molecular complexity index is 693. The van der Waals surface area contributed by atoms with Crippen molar-refractivity contribution in [2.24, 2.45) is 0 Å². The molecule has 1 fully saturated rings. The van der Waals surface area contributed by atoms with E-state index in [0.29, 0.717) is 6.42 Å². The number of aryl methyl sites for hydroxylation is 1. The predicted molar refractivity (Wildman–Crippen MR) is 102 cm³/mol. The molecule has 138 valence electrons. The molecule has 1 heterocycles. The molecule has 1 saturated heterocycles. The van der Waals surface area contributed by atoms with Gasteiger partial charge in [-0.25, -0.2) is 0 Å². The number of hydrogen-bond donors (Lipinski definition) is 2. The van der Waals surface area contributed by atoms with Crippen LogP contribution in [0.25, 0.3) is 0 Å². The van der Waals surface area contributed by atoms with Gasteiger partial charge in [0.25, 0.3) is 0 Å². The number of methoxy groups -OCH3 is 1. The van der Waals surface area contributed by atoms with Crippen molar-refractivity contribution in [1.29, 1.82) is 0 Å². The molecule has 2 atom stereocenters. The largest absolute Gasteiger partial charge is 0.504 e. The molecule has 0 bridgehead atoms. The maximum Gasteiger partial charge on any atom is 0.161 e. The molecule has 0 aromatic heterocycles. The van der Waals surface area contributed by atoms with Crippen molar-refractivity contribution >= 4 is 0 Å². The van der Waals surface area contributed by atoms with Crippen molar-refractivity contribution in [3.63, 3.8) is 0 Å². The van der Waals surface area contributed by atoms with Gasteiger partial charge in [-0.3, -0.25) is 4.90 Å². The van der Waals surface area contributed by atoms with Gasteiger partial charge in [0, 0.05) is 23.4 Å². The van der Waals surface area contributed by atoms with Crippen molar-refractivity contribution in [1.82, 2.24) is 4.90 Å². The van der Waals surface area contributed by atoms with E-state index in [4.69, 9.17) is 4.74 Å². The van der Waals surface area contributed by atoms with E-state index in [9.17, 15) is 10.2 Å². The number of allylic oxidation sites excluding steroid dienone is 3. The van der Waals surface area contributed by atoms with Crippen LogP contribution in [0.5, 0.6) is 11.5 Å². The first-order valence-corrected chi connectivity index (χ1v) is 9.08. The molecule has 25 heavy (non-hydrogen) atoms. The lowest BCUT2D eigenvalue weighted by molar-refractivity contribution is 0.167. The second kappa shape index (κ2) is 7.52. The van der Waals surface area contributed by atoms with E-state index in [1.54, 1.807) is 13.2 Å². The van der Waals surface area contributed by atoms with Crippen LogP contribution in [-0.2, 0) is 10.2 Å². The van der Waals surface area contributed by atoms with Gasteiger partial charge in [0.15, 0.2) is 11.5 Å². The summed E-state index contributed by atoms with van der Waals surface area (Å²) in [6, 6.07) is 3.71. The summed E-state index contributed by atoms with van der Waals surface area (Å²) in [5.41, 5.74) is 2.79. The smallest absolute Gasteiger partial charge is 0.161 e. The first kappa shape index (κ1) is 19.4. The van der Waals surface area contributed by atoms with Crippen molar-refractivity contribution in [3.05, 3.63) is 46.7 Å². The lowest BCUT2D eigenvalue weighted by atomic mass is 9.62. The first-order chi connectivity index (χ1) is 11.9. The minimum atomic E-state index is -0.321. The highest BCUT2D eigenvalue weighted by Gasteiger charge is 2.47. The molecule has 0 radical (unpaired) electrons. The molecule has 3 rings (SSSR count). The molecule has 4 nitrogen and oxygen atoms in total. The Morgan fingerprint density at radius 3 is 2.52 bits per heavy atom. The molecule has 1 aliphatic heterocycles. The first-order valence-electron chi connectivity index (χ1n) is 9.08. The van der Waals surface area contributed by atoms with Crippen LogP contribution in [0.4, 0.5) is 0 Å². The van der Waals surface area contributed by atoms with E-state index < -0.39 is 0 Å². The summed E-state index contributed by atoms with van der Waals surface area (Å²) in [5.74, 6) is 0.858. The number of likely N-dealkylation sites (N-methyl/N-ethyl adjacent to an activating group) is 1.